The maximum atomic E-state index is 5.74. The minimum Gasteiger partial charge on any atom is -0.497 e. The van der Waals surface area contributed by atoms with Crippen molar-refractivity contribution < 1.29 is 33.2 Å². The Labute approximate surface area is 711 Å². The highest BCUT2D eigenvalue weighted by Gasteiger charge is 2.21. The van der Waals surface area contributed by atoms with E-state index in [1.165, 1.54) is 85.1 Å². The van der Waals surface area contributed by atoms with Crippen LogP contribution in [0.2, 0.25) is 0 Å². The van der Waals surface area contributed by atoms with Crippen LogP contribution in [0.1, 0.15) is 107 Å². The summed E-state index contributed by atoms with van der Waals surface area (Å²) in [6.07, 6.45) is 14.4. The molecule has 622 valence electrons. The van der Waals surface area contributed by atoms with Crippen LogP contribution in [0.3, 0.4) is 0 Å². The number of methoxy groups -OCH3 is 2. The van der Waals surface area contributed by atoms with Gasteiger partial charge in [0.15, 0.2) is 68.9 Å². The number of fused-ring (bicyclic) bond motifs is 6. The van der Waals surface area contributed by atoms with Crippen molar-refractivity contribution in [3.05, 3.63) is 317 Å². The lowest BCUT2D eigenvalue weighted by Crippen LogP contribution is -2.30. The van der Waals surface area contributed by atoms with Gasteiger partial charge in [-0.2, -0.15) is 20.4 Å². The zero-order valence-corrected chi connectivity index (χ0v) is 69.8. The van der Waals surface area contributed by atoms with E-state index in [9.17, 15) is 0 Å². The number of aryl methyl sites for hydroxylation is 3. The molecule has 16 aromatic rings. The van der Waals surface area contributed by atoms with Crippen molar-refractivity contribution >= 4 is 22.6 Å². The molecule has 0 unspecified atom stereocenters. The first-order chi connectivity index (χ1) is 60.0. The molecule has 0 amide bonds. The van der Waals surface area contributed by atoms with Gasteiger partial charge in [-0.1, -0.05) is 116 Å². The molecule has 0 saturated carbocycles. The molecule has 11 heterocycles. The highest BCUT2D eigenvalue weighted by molar-refractivity contribution is 5.70. The van der Waals surface area contributed by atoms with Gasteiger partial charge in [-0.05, 0) is 296 Å². The minimum absolute atomic E-state index is 0.269. The Bertz CT molecular complexity index is 6100. The molecule has 0 bridgehead atoms. The Morgan fingerprint density at radius 3 is 1.12 bits per heavy atom. The number of nitrogens with two attached hydrogens (primary N) is 2. The van der Waals surface area contributed by atoms with Crippen molar-refractivity contribution in [1.29, 1.82) is 0 Å². The monoisotopic (exact) mass is 1630 g/mol. The Kier molecular flexibility index (Phi) is 27.1. The molecule has 1 fully saturated rings. The first-order valence-corrected chi connectivity index (χ1v) is 42.2. The van der Waals surface area contributed by atoms with Crippen LogP contribution >= 0.6 is 0 Å². The molecule has 8 aromatic heterocycles. The second-order valence-corrected chi connectivity index (χ2v) is 31.0. The summed E-state index contributed by atoms with van der Waals surface area (Å²) in [5.74, 6) is 8.83. The fourth-order valence-electron chi connectivity index (χ4n) is 15.4. The predicted molar refractivity (Wildman–Crippen MR) is 478 cm³/mol. The number of ether oxygens (including phenoxy) is 7. The summed E-state index contributed by atoms with van der Waals surface area (Å²) in [6, 6.07) is 86.5. The molecule has 19 rings (SSSR count). The third kappa shape index (κ3) is 21.1. The van der Waals surface area contributed by atoms with Crippen molar-refractivity contribution in [3.8, 4) is 85.3 Å². The van der Waals surface area contributed by atoms with Gasteiger partial charge in [0.05, 0.1) is 43.6 Å². The average Bonchev–Trinajstić information content (AvgIpc) is 1.63. The number of pyridine rings is 4. The molecule has 122 heavy (non-hydrogen) atoms. The van der Waals surface area contributed by atoms with E-state index in [1.54, 1.807) is 14.2 Å². The highest BCUT2D eigenvalue weighted by Crippen LogP contribution is 2.38. The number of likely N-dealkylation sites (tertiary alicyclic amines) is 1. The van der Waals surface area contributed by atoms with Crippen LogP contribution in [-0.2, 0) is 44.9 Å². The van der Waals surface area contributed by atoms with Crippen LogP contribution in [-0.4, -0.2) is 156 Å². The molecule has 0 atom stereocenters. The van der Waals surface area contributed by atoms with Crippen LogP contribution in [0.5, 0.6) is 40.2 Å². The average molecular weight is 1630 g/mol. The normalized spacial score (nSPS) is 12.8. The lowest BCUT2D eigenvalue weighted by molar-refractivity contribution is 0.173. The third-order valence-electron chi connectivity index (χ3n) is 21.9. The summed E-state index contributed by atoms with van der Waals surface area (Å²) < 4.78 is 45.8. The molecule has 23 heteroatoms. The number of piperidine rings is 1. The molecule has 23 nitrogen and oxygen atoms in total. The molecule has 0 radical (unpaired) electrons. The van der Waals surface area contributed by atoms with E-state index >= 15 is 0 Å². The van der Waals surface area contributed by atoms with Crippen molar-refractivity contribution in [2.45, 2.75) is 89.9 Å². The summed E-state index contributed by atoms with van der Waals surface area (Å²) in [5.41, 5.74) is 31.5. The molecule has 0 aliphatic carbocycles. The van der Waals surface area contributed by atoms with Gasteiger partial charge in [0.1, 0.15) is 17.2 Å². The molecule has 4 N–H and O–H groups in total. The van der Waals surface area contributed by atoms with Crippen LogP contribution in [0.4, 0.5) is 0 Å². The number of nitrogens with zero attached hydrogens (tertiary/aromatic N) is 14. The summed E-state index contributed by atoms with van der Waals surface area (Å²) in [7, 11) is 7.56. The molecule has 0 spiro atoms. The topological polar surface area (TPSA) is 244 Å². The second kappa shape index (κ2) is 40.2. The fourth-order valence-corrected chi connectivity index (χ4v) is 15.4. The number of hydrogen-bond donors (Lipinski definition) is 2. The number of aromatic nitrogens is 12. The van der Waals surface area contributed by atoms with Gasteiger partial charge in [-0.15, -0.1) is 0 Å². The first kappa shape index (κ1) is 82.4. The Balaban J connectivity index is 0.000000121. The third-order valence-corrected chi connectivity index (χ3v) is 21.9. The Morgan fingerprint density at radius 2 is 0.713 bits per heavy atom. The highest BCUT2D eigenvalue weighted by atomic mass is 16.7. The lowest BCUT2D eigenvalue weighted by atomic mass is 10.0. The Hall–Kier alpha value is -13.3. The minimum atomic E-state index is 0.269. The molecule has 3 aliphatic rings. The predicted octanol–water partition coefficient (Wildman–Crippen LogP) is 17.0. The van der Waals surface area contributed by atoms with E-state index < -0.39 is 0 Å². The summed E-state index contributed by atoms with van der Waals surface area (Å²) in [5, 5.41) is 19.1. The maximum Gasteiger partial charge on any atom is 0.231 e. The molecule has 8 aromatic carbocycles. The molecule has 3 aliphatic heterocycles. The fraction of sp³-hybridized carbons (Fsp3) is 0.273. The maximum absolute atomic E-state index is 5.74. The van der Waals surface area contributed by atoms with E-state index in [2.05, 4.69) is 115 Å². The van der Waals surface area contributed by atoms with Crippen molar-refractivity contribution in [1.82, 2.24) is 68.2 Å². The lowest BCUT2D eigenvalue weighted by Gasteiger charge is -2.26. The van der Waals surface area contributed by atoms with Gasteiger partial charge in [0, 0.05) is 47.9 Å². The van der Waals surface area contributed by atoms with Gasteiger partial charge >= 0.3 is 0 Å². The summed E-state index contributed by atoms with van der Waals surface area (Å²) >= 11 is 0. The van der Waals surface area contributed by atoms with E-state index in [-0.39, 0.29) is 13.6 Å². The Morgan fingerprint density at radius 1 is 0.344 bits per heavy atom. The smallest absolute Gasteiger partial charge is 0.231 e. The molecular formula is C99H104N16O7. The van der Waals surface area contributed by atoms with E-state index in [1.807, 2.05) is 182 Å². The van der Waals surface area contributed by atoms with Crippen molar-refractivity contribution in [3.63, 3.8) is 0 Å². The second-order valence-electron chi connectivity index (χ2n) is 31.0. The van der Waals surface area contributed by atoms with Crippen molar-refractivity contribution in [2.24, 2.45) is 11.5 Å². The van der Waals surface area contributed by atoms with E-state index in [4.69, 9.17) is 85.0 Å². The number of hydrogen-bond acceptors (Lipinski definition) is 19. The zero-order chi connectivity index (χ0) is 83.4. The summed E-state index contributed by atoms with van der Waals surface area (Å²) in [6.45, 7) is 7.40. The van der Waals surface area contributed by atoms with Gasteiger partial charge in [0.2, 0.25) is 13.6 Å². The number of rotatable bonds is 29. The van der Waals surface area contributed by atoms with Gasteiger partial charge in [-0.3, -0.25) is 0 Å². The quantitative estimate of drug-likeness (QED) is 0.0414. The number of benzene rings is 8. The first-order valence-electron chi connectivity index (χ1n) is 42.2. The van der Waals surface area contributed by atoms with Crippen LogP contribution in [0.25, 0.3) is 67.6 Å². The van der Waals surface area contributed by atoms with Gasteiger partial charge in [0.25, 0.3) is 0 Å². The van der Waals surface area contributed by atoms with E-state index in [0.717, 1.165) is 188 Å². The molecular weight excluding hydrogens is 1530 g/mol. The van der Waals surface area contributed by atoms with Crippen LogP contribution in [0.15, 0.2) is 255 Å². The van der Waals surface area contributed by atoms with Gasteiger partial charge in [-0.25, -0.2) is 38.0 Å². The summed E-state index contributed by atoms with van der Waals surface area (Å²) in [4.78, 5) is 23.8. The van der Waals surface area contributed by atoms with E-state index in [0.29, 0.717) is 32.4 Å². The molecule has 1 saturated heterocycles. The van der Waals surface area contributed by atoms with Crippen molar-refractivity contribution in [2.75, 3.05) is 87.8 Å². The van der Waals surface area contributed by atoms with Gasteiger partial charge < -0.3 is 54.4 Å². The van der Waals surface area contributed by atoms with Crippen LogP contribution < -0.4 is 44.6 Å². The SMILES string of the molecule is CN(C)CCCc1ccc(Cc2nc3cccc(-c4ccc5c(c4)OCO5)n3n2)cc1.COc1ccc(-c2cccc3nc(Cc4ccc(CCCN)cc4)nn23)cc1.COc1ccc(-c2cccc3nc(Cc4cccc(OCCCN)c4)nn23)cc1.c1cc(-c2ccc3c(c2)OCO3)n2nc(Cc3ccc(CCCN4CCCCC4)cc3)nc2c1. The van der Waals surface area contributed by atoms with Crippen LogP contribution in [0, 0.1) is 0 Å². The zero-order valence-electron chi connectivity index (χ0n) is 69.8. The standard InChI is InChI=1S/C28H30N4O2.C25H26N4O2.C23H24N4O2.C23H24N4O/c1-2-15-31(16-3-1)17-5-6-21-9-11-22(12-10-21)18-27-29-28-8-4-7-24(32(28)30-27)23-13-14-25-26(19-23)34-20-33-25;1-28(2)14-4-5-18-8-10-19(11-9-18)15-24-26-25-7-3-6-21(29(25)27-24)20-12-13-22-23(16-20)31-17-30-22;1-28-19-11-9-18(10-12-19)21-7-3-8-23-25-22(26-27(21)23)16-17-5-2-6-20(15-17)29-14-4-13-24;1-28-20-13-11-19(12-14-20)21-5-2-6-23-25-22(26-27(21)23)16-18-9-7-17(8-10-18)4-3-15-24/h4,7-14,19H,1-3,5-6,15-18,20H2;3,6-13,16H,4-5,14-15,17H2,1-2H3;2-3,5-12,15H,4,13-14,16,24H2,1H3;2,5-14H,3-4,15-16,24H2,1H3. The largest absolute Gasteiger partial charge is 0.497 e.